The summed E-state index contributed by atoms with van der Waals surface area (Å²) in [6.45, 7) is 1.92. The first-order chi connectivity index (χ1) is 9.52. The second-order valence-electron chi connectivity index (χ2n) is 4.70. The van der Waals surface area contributed by atoms with Gasteiger partial charge in [-0.15, -0.1) is 0 Å². The van der Waals surface area contributed by atoms with E-state index in [0.717, 1.165) is 11.4 Å². The summed E-state index contributed by atoms with van der Waals surface area (Å²) >= 11 is 0. The van der Waals surface area contributed by atoms with E-state index in [1.165, 1.54) is 0 Å². The number of hydrogen-bond donors (Lipinski definition) is 3. The van der Waals surface area contributed by atoms with Crippen molar-refractivity contribution in [3.63, 3.8) is 0 Å². The Morgan fingerprint density at radius 1 is 1.45 bits per heavy atom. The molecule has 20 heavy (non-hydrogen) atoms. The van der Waals surface area contributed by atoms with Crippen LogP contribution in [0.1, 0.15) is 5.69 Å². The van der Waals surface area contributed by atoms with Crippen molar-refractivity contribution in [3.8, 4) is 5.75 Å². The fourth-order valence-corrected chi connectivity index (χ4v) is 2.12. The number of rotatable bonds is 2. The molecule has 0 spiro atoms. The molecular formula is C13H15N5O2. The van der Waals surface area contributed by atoms with E-state index in [1.807, 2.05) is 20.2 Å². The van der Waals surface area contributed by atoms with E-state index in [-0.39, 0.29) is 12.5 Å². The Bertz CT molecular complexity index is 692. The standard InChI is InChI=1S/C13H15N5O2/c1-7-11(5-18(2)17-7)15-9-4-10-12(3-8(9)14)20-6-13(19)16-10/h3-5,15H,6,14H2,1-2H3,(H,16,19). The van der Waals surface area contributed by atoms with Gasteiger partial charge in [-0.2, -0.15) is 5.10 Å². The first kappa shape index (κ1) is 12.3. The molecule has 2 heterocycles. The molecule has 7 heteroatoms. The number of nitrogens with one attached hydrogen (secondary N) is 2. The summed E-state index contributed by atoms with van der Waals surface area (Å²) in [6, 6.07) is 3.46. The molecule has 0 aliphatic carbocycles. The summed E-state index contributed by atoms with van der Waals surface area (Å²) in [5.74, 6) is 0.404. The predicted octanol–water partition coefficient (Wildman–Crippen LogP) is 1.39. The van der Waals surface area contributed by atoms with Crippen molar-refractivity contribution in [1.82, 2.24) is 9.78 Å². The summed E-state index contributed by atoms with van der Waals surface area (Å²) in [6.07, 6.45) is 1.86. The molecule has 2 aromatic rings. The SMILES string of the molecule is Cc1nn(C)cc1Nc1cc2c(cc1N)OCC(=O)N2. The maximum atomic E-state index is 11.3. The zero-order valence-corrected chi connectivity index (χ0v) is 11.2. The third kappa shape index (κ3) is 2.13. The average molecular weight is 273 g/mol. The number of anilines is 4. The molecule has 1 amide bonds. The van der Waals surface area contributed by atoms with Crippen molar-refractivity contribution >= 4 is 28.7 Å². The number of nitrogens with two attached hydrogens (primary N) is 1. The molecule has 0 bridgehead atoms. The normalized spacial score (nSPS) is 13.4. The first-order valence-corrected chi connectivity index (χ1v) is 6.16. The lowest BCUT2D eigenvalue weighted by Crippen LogP contribution is -2.25. The number of nitrogens with zero attached hydrogens (tertiary/aromatic N) is 2. The topological polar surface area (TPSA) is 94.2 Å². The van der Waals surface area contributed by atoms with Gasteiger partial charge >= 0.3 is 0 Å². The number of hydrogen-bond acceptors (Lipinski definition) is 5. The molecule has 0 fully saturated rings. The number of carbonyl (C=O) groups is 1. The number of ether oxygens (including phenoxy) is 1. The summed E-state index contributed by atoms with van der Waals surface area (Å²) in [7, 11) is 1.85. The van der Waals surface area contributed by atoms with Gasteiger partial charge in [0.25, 0.3) is 5.91 Å². The van der Waals surface area contributed by atoms with Crippen LogP contribution in [-0.2, 0) is 11.8 Å². The van der Waals surface area contributed by atoms with Gasteiger partial charge in [0.2, 0.25) is 0 Å². The number of aryl methyl sites for hydroxylation is 2. The van der Waals surface area contributed by atoms with Gasteiger partial charge in [0.1, 0.15) is 5.75 Å². The highest BCUT2D eigenvalue weighted by Crippen LogP contribution is 2.36. The van der Waals surface area contributed by atoms with Crippen LogP contribution in [0.3, 0.4) is 0 Å². The first-order valence-electron chi connectivity index (χ1n) is 6.16. The van der Waals surface area contributed by atoms with Crippen LogP contribution in [0.4, 0.5) is 22.7 Å². The van der Waals surface area contributed by atoms with Crippen LogP contribution in [-0.4, -0.2) is 22.3 Å². The van der Waals surface area contributed by atoms with E-state index in [1.54, 1.807) is 16.8 Å². The number of fused-ring (bicyclic) bond motifs is 1. The molecule has 104 valence electrons. The third-order valence-corrected chi connectivity index (χ3v) is 3.07. The van der Waals surface area contributed by atoms with Gasteiger partial charge in [0.05, 0.1) is 28.4 Å². The minimum Gasteiger partial charge on any atom is -0.482 e. The Balaban J connectivity index is 1.96. The van der Waals surface area contributed by atoms with Crippen molar-refractivity contribution in [2.45, 2.75) is 6.92 Å². The smallest absolute Gasteiger partial charge is 0.262 e. The molecular weight excluding hydrogens is 258 g/mol. The number of aromatic nitrogens is 2. The molecule has 1 aromatic heterocycles. The maximum absolute atomic E-state index is 11.3. The van der Waals surface area contributed by atoms with Gasteiger partial charge in [0, 0.05) is 19.3 Å². The van der Waals surface area contributed by atoms with Gasteiger partial charge in [-0.05, 0) is 13.0 Å². The zero-order valence-electron chi connectivity index (χ0n) is 11.2. The Morgan fingerprint density at radius 3 is 2.95 bits per heavy atom. The van der Waals surface area contributed by atoms with Crippen LogP contribution < -0.4 is 21.1 Å². The van der Waals surface area contributed by atoms with Crippen LogP contribution in [0.15, 0.2) is 18.3 Å². The highest BCUT2D eigenvalue weighted by molar-refractivity contribution is 5.97. The van der Waals surface area contributed by atoms with Gasteiger partial charge in [0.15, 0.2) is 6.61 Å². The largest absolute Gasteiger partial charge is 0.482 e. The fourth-order valence-electron chi connectivity index (χ4n) is 2.12. The molecule has 1 aliphatic heterocycles. The molecule has 0 unspecified atom stereocenters. The summed E-state index contributed by atoms with van der Waals surface area (Å²) in [4.78, 5) is 11.3. The third-order valence-electron chi connectivity index (χ3n) is 3.07. The fraction of sp³-hybridized carbons (Fsp3) is 0.231. The van der Waals surface area contributed by atoms with Crippen molar-refractivity contribution < 1.29 is 9.53 Å². The summed E-state index contributed by atoms with van der Waals surface area (Å²) in [5, 5.41) is 10.2. The van der Waals surface area contributed by atoms with Crippen LogP contribution in [0.5, 0.6) is 5.75 Å². The quantitative estimate of drug-likeness (QED) is 0.719. The van der Waals surface area contributed by atoms with Crippen molar-refractivity contribution in [3.05, 3.63) is 24.0 Å². The molecule has 3 rings (SSSR count). The average Bonchev–Trinajstić information content (AvgIpc) is 2.69. The monoisotopic (exact) mass is 273 g/mol. The van der Waals surface area contributed by atoms with Crippen LogP contribution >= 0.6 is 0 Å². The van der Waals surface area contributed by atoms with E-state index < -0.39 is 0 Å². The zero-order chi connectivity index (χ0) is 14.3. The molecule has 0 radical (unpaired) electrons. The van der Waals surface area contributed by atoms with Gasteiger partial charge < -0.3 is 21.1 Å². The lowest BCUT2D eigenvalue weighted by molar-refractivity contribution is -0.118. The van der Waals surface area contributed by atoms with Gasteiger partial charge in [-0.1, -0.05) is 0 Å². The lowest BCUT2D eigenvalue weighted by Gasteiger charge is -2.20. The van der Waals surface area contributed by atoms with Crippen molar-refractivity contribution in [1.29, 1.82) is 0 Å². The molecule has 0 saturated carbocycles. The maximum Gasteiger partial charge on any atom is 0.262 e. The second-order valence-corrected chi connectivity index (χ2v) is 4.70. The molecule has 0 atom stereocenters. The minimum absolute atomic E-state index is 0.0148. The Hall–Kier alpha value is -2.70. The lowest BCUT2D eigenvalue weighted by atomic mass is 10.2. The second kappa shape index (κ2) is 4.44. The Morgan fingerprint density at radius 2 is 2.25 bits per heavy atom. The van der Waals surface area contributed by atoms with E-state index in [2.05, 4.69) is 15.7 Å². The number of benzene rings is 1. The number of nitrogen functional groups attached to an aromatic ring is 1. The van der Waals surface area contributed by atoms with Crippen LogP contribution in [0, 0.1) is 6.92 Å². The Kier molecular flexibility index (Phi) is 2.74. The minimum atomic E-state index is -0.175. The molecule has 1 aliphatic rings. The highest BCUT2D eigenvalue weighted by Gasteiger charge is 2.18. The van der Waals surface area contributed by atoms with Crippen LogP contribution in [0.2, 0.25) is 0 Å². The molecule has 1 aromatic carbocycles. The van der Waals surface area contributed by atoms with Crippen LogP contribution in [0.25, 0.3) is 0 Å². The van der Waals surface area contributed by atoms with Gasteiger partial charge in [-0.3, -0.25) is 9.48 Å². The van der Waals surface area contributed by atoms with E-state index in [0.29, 0.717) is 22.8 Å². The molecule has 0 saturated heterocycles. The molecule has 7 nitrogen and oxygen atoms in total. The van der Waals surface area contributed by atoms with Crippen molar-refractivity contribution in [2.24, 2.45) is 7.05 Å². The van der Waals surface area contributed by atoms with Gasteiger partial charge in [-0.25, -0.2) is 0 Å². The van der Waals surface area contributed by atoms with E-state index in [9.17, 15) is 4.79 Å². The summed E-state index contributed by atoms with van der Waals surface area (Å²) in [5.41, 5.74) is 9.59. The summed E-state index contributed by atoms with van der Waals surface area (Å²) < 4.78 is 7.03. The van der Waals surface area contributed by atoms with E-state index in [4.69, 9.17) is 10.5 Å². The van der Waals surface area contributed by atoms with Crippen molar-refractivity contribution in [2.75, 3.05) is 23.0 Å². The van der Waals surface area contributed by atoms with E-state index >= 15 is 0 Å². The molecule has 4 N–H and O–H groups in total. The number of carbonyl (C=O) groups excluding carboxylic acids is 1. The number of amides is 1. The Labute approximate surface area is 115 Å². The highest BCUT2D eigenvalue weighted by atomic mass is 16.5. The predicted molar refractivity (Wildman–Crippen MR) is 76.2 cm³/mol.